The number of para-hydroxylation sites is 1. The van der Waals surface area contributed by atoms with Gasteiger partial charge in [0.25, 0.3) is 5.91 Å². The van der Waals surface area contributed by atoms with Gasteiger partial charge in [-0.2, -0.15) is 0 Å². The summed E-state index contributed by atoms with van der Waals surface area (Å²) in [4.78, 5) is 21.8. The maximum Gasteiger partial charge on any atom is 0.251 e. The number of nitrogens with zero attached hydrogens (tertiary/aromatic N) is 2. The average molecular weight is 338 g/mol. The van der Waals surface area contributed by atoms with E-state index >= 15 is 0 Å². The zero-order valence-corrected chi connectivity index (χ0v) is 14.4. The van der Waals surface area contributed by atoms with E-state index in [4.69, 9.17) is 5.11 Å². The van der Waals surface area contributed by atoms with Crippen molar-refractivity contribution in [3.63, 3.8) is 0 Å². The fourth-order valence-electron chi connectivity index (χ4n) is 2.68. The molecule has 1 atom stereocenters. The highest BCUT2D eigenvalue weighted by Gasteiger charge is 2.13. The first-order valence-electron chi connectivity index (χ1n) is 8.24. The highest BCUT2D eigenvalue weighted by atomic mass is 16.3. The van der Waals surface area contributed by atoms with Crippen LogP contribution >= 0.6 is 0 Å². The lowest BCUT2D eigenvalue weighted by Gasteiger charge is -2.27. The molecule has 0 aliphatic rings. The fraction of sp³-hybridized carbons (Fsp3) is 0.263. The van der Waals surface area contributed by atoms with Crippen LogP contribution in [0, 0.1) is 0 Å². The van der Waals surface area contributed by atoms with Crippen LogP contribution < -0.4 is 10.2 Å². The fourth-order valence-corrected chi connectivity index (χ4v) is 2.68. The van der Waals surface area contributed by atoms with Gasteiger partial charge in [-0.15, -0.1) is 0 Å². The topological polar surface area (TPSA) is 81.2 Å². The number of carbonyl (C=O) groups excluding carboxylic acids is 1. The molecule has 0 aliphatic heterocycles. The molecule has 0 fully saturated rings. The zero-order chi connectivity index (χ0) is 17.8. The third kappa shape index (κ3) is 3.80. The first-order chi connectivity index (χ1) is 12.1. The van der Waals surface area contributed by atoms with Crippen molar-refractivity contribution >= 4 is 22.6 Å². The van der Waals surface area contributed by atoms with Crippen LogP contribution in [0.25, 0.3) is 11.0 Å². The summed E-state index contributed by atoms with van der Waals surface area (Å²) in [6.45, 7) is 2.45. The molecule has 1 unspecified atom stereocenters. The van der Waals surface area contributed by atoms with Crippen LogP contribution in [0.3, 0.4) is 0 Å². The summed E-state index contributed by atoms with van der Waals surface area (Å²) < 4.78 is 0. The summed E-state index contributed by atoms with van der Waals surface area (Å²) >= 11 is 0. The molecule has 3 rings (SSSR count). The van der Waals surface area contributed by atoms with Gasteiger partial charge in [-0.1, -0.05) is 18.2 Å². The van der Waals surface area contributed by atoms with E-state index in [0.717, 1.165) is 16.7 Å². The van der Waals surface area contributed by atoms with Crippen LogP contribution in [0.5, 0.6) is 0 Å². The molecule has 6 nitrogen and oxygen atoms in total. The van der Waals surface area contributed by atoms with Gasteiger partial charge in [0.15, 0.2) is 0 Å². The number of amides is 1. The number of likely N-dealkylation sites (N-methyl/N-ethyl adjacent to an activating group) is 1. The van der Waals surface area contributed by atoms with Gasteiger partial charge in [0.1, 0.15) is 12.4 Å². The number of H-pyrrole nitrogens is 1. The number of aliphatic hydroxyl groups is 1. The second-order valence-corrected chi connectivity index (χ2v) is 6.08. The lowest BCUT2D eigenvalue weighted by Crippen LogP contribution is -2.40. The van der Waals surface area contributed by atoms with Crippen LogP contribution in [0.4, 0.5) is 5.69 Å². The quantitative estimate of drug-likeness (QED) is 0.644. The van der Waals surface area contributed by atoms with E-state index in [1.165, 1.54) is 0 Å². The number of hydrogen-bond acceptors (Lipinski definition) is 4. The maximum absolute atomic E-state index is 12.4. The Morgan fingerprint density at radius 1 is 1.28 bits per heavy atom. The molecule has 1 aromatic heterocycles. The number of anilines is 1. The Hall–Kier alpha value is -2.86. The lowest BCUT2D eigenvalue weighted by molar-refractivity contribution is 0.0952. The summed E-state index contributed by atoms with van der Waals surface area (Å²) in [5.41, 5.74) is 3.15. The molecule has 2 aromatic carbocycles. The summed E-state index contributed by atoms with van der Waals surface area (Å²) in [5.74, 6) is 0.362. The number of carbonyl (C=O) groups is 1. The predicted octanol–water partition coefficient (Wildman–Crippen LogP) is 2.31. The second kappa shape index (κ2) is 7.36. The van der Waals surface area contributed by atoms with Crippen molar-refractivity contribution < 1.29 is 9.90 Å². The standard InChI is InChI=1S/C19H22N4O2/c1-13(23(2)15-6-4-3-5-7-15)11-20-19(25)14-8-9-16-17(10-14)22-18(12-24)21-16/h3-10,13,24H,11-12H2,1-2H3,(H,20,25)(H,21,22). The Morgan fingerprint density at radius 3 is 2.76 bits per heavy atom. The van der Waals surface area contributed by atoms with Gasteiger partial charge in [-0.05, 0) is 37.3 Å². The number of aromatic amines is 1. The summed E-state index contributed by atoms with van der Waals surface area (Å²) in [7, 11) is 2.01. The Kier molecular flexibility index (Phi) is 5.00. The van der Waals surface area contributed by atoms with Crippen molar-refractivity contribution in [1.29, 1.82) is 0 Å². The average Bonchev–Trinajstić information content (AvgIpc) is 3.08. The van der Waals surface area contributed by atoms with Gasteiger partial charge in [0.2, 0.25) is 0 Å². The van der Waals surface area contributed by atoms with Gasteiger partial charge in [-0.25, -0.2) is 4.98 Å². The van der Waals surface area contributed by atoms with Crippen molar-refractivity contribution in [2.24, 2.45) is 0 Å². The molecule has 25 heavy (non-hydrogen) atoms. The number of aliphatic hydroxyl groups excluding tert-OH is 1. The molecule has 1 amide bonds. The van der Waals surface area contributed by atoms with Crippen molar-refractivity contribution in [1.82, 2.24) is 15.3 Å². The van der Waals surface area contributed by atoms with Gasteiger partial charge >= 0.3 is 0 Å². The summed E-state index contributed by atoms with van der Waals surface area (Å²) in [5, 5.41) is 12.1. The molecule has 3 N–H and O–H groups in total. The van der Waals surface area contributed by atoms with Crippen molar-refractivity contribution in [2.45, 2.75) is 19.6 Å². The molecule has 0 saturated carbocycles. The van der Waals surface area contributed by atoms with E-state index < -0.39 is 0 Å². The van der Waals surface area contributed by atoms with Gasteiger partial charge < -0.3 is 20.3 Å². The number of fused-ring (bicyclic) bond motifs is 1. The number of hydrogen-bond donors (Lipinski definition) is 3. The van der Waals surface area contributed by atoms with E-state index in [9.17, 15) is 4.79 Å². The molecule has 0 saturated heterocycles. The van der Waals surface area contributed by atoms with Crippen molar-refractivity contribution in [3.8, 4) is 0 Å². The number of benzene rings is 2. The molecule has 0 radical (unpaired) electrons. The van der Waals surface area contributed by atoms with Crippen molar-refractivity contribution in [2.75, 3.05) is 18.5 Å². The molecule has 0 spiro atoms. The number of rotatable bonds is 6. The Morgan fingerprint density at radius 2 is 2.04 bits per heavy atom. The number of imidazole rings is 1. The maximum atomic E-state index is 12.4. The van der Waals surface area contributed by atoms with Crippen LogP contribution in [0.2, 0.25) is 0 Å². The normalized spacial score (nSPS) is 12.1. The summed E-state index contributed by atoms with van der Waals surface area (Å²) in [6.07, 6.45) is 0. The molecular formula is C19H22N4O2. The third-order valence-electron chi connectivity index (χ3n) is 4.33. The zero-order valence-electron chi connectivity index (χ0n) is 14.4. The van der Waals surface area contributed by atoms with Crippen LogP contribution in [0.15, 0.2) is 48.5 Å². The van der Waals surface area contributed by atoms with Crippen LogP contribution in [0.1, 0.15) is 23.1 Å². The van der Waals surface area contributed by atoms with E-state index in [-0.39, 0.29) is 18.6 Å². The SMILES string of the molecule is CC(CNC(=O)c1ccc2nc(CO)[nH]c2c1)N(C)c1ccccc1. The molecule has 1 heterocycles. The highest BCUT2D eigenvalue weighted by molar-refractivity contribution is 5.97. The van der Waals surface area contributed by atoms with E-state index in [1.54, 1.807) is 18.2 Å². The number of nitrogens with one attached hydrogen (secondary N) is 2. The molecule has 0 bridgehead atoms. The lowest BCUT2D eigenvalue weighted by atomic mass is 10.1. The third-order valence-corrected chi connectivity index (χ3v) is 4.33. The first kappa shape index (κ1) is 17.0. The molecule has 3 aromatic rings. The van der Waals surface area contributed by atoms with E-state index in [2.05, 4.69) is 27.1 Å². The largest absolute Gasteiger partial charge is 0.388 e. The molecular weight excluding hydrogens is 316 g/mol. The minimum Gasteiger partial charge on any atom is -0.388 e. The van der Waals surface area contributed by atoms with E-state index in [0.29, 0.717) is 17.9 Å². The van der Waals surface area contributed by atoms with Crippen LogP contribution in [-0.2, 0) is 6.61 Å². The second-order valence-electron chi connectivity index (χ2n) is 6.08. The van der Waals surface area contributed by atoms with Gasteiger partial charge in [0.05, 0.1) is 11.0 Å². The summed E-state index contributed by atoms with van der Waals surface area (Å²) in [6, 6.07) is 15.5. The first-order valence-corrected chi connectivity index (χ1v) is 8.24. The molecule has 130 valence electrons. The molecule has 0 aliphatic carbocycles. The van der Waals surface area contributed by atoms with E-state index in [1.807, 2.05) is 37.4 Å². The van der Waals surface area contributed by atoms with Gasteiger partial charge in [0, 0.05) is 30.9 Å². The smallest absolute Gasteiger partial charge is 0.251 e. The van der Waals surface area contributed by atoms with Crippen molar-refractivity contribution in [3.05, 3.63) is 59.9 Å². The van der Waals surface area contributed by atoms with Crippen LogP contribution in [-0.4, -0.2) is 40.6 Å². The minimum atomic E-state index is -0.153. The highest BCUT2D eigenvalue weighted by Crippen LogP contribution is 2.15. The predicted molar refractivity (Wildman–Crippen MR) is 98.7 cm³/mol. The number of aromatic nitrogens is 2. The molecule has 6 heteroatoms. The van der Waals surface area contributed by atoms with Gasteiger partial charge in [-0.3, -0.25) is 4.79 Å². The Labute approximate surface area is 146 Å². The minimum absolute atomic E-state index is 0.129. The monoisotopic (exact) mass is 338 g/mol. The Bertz CT molecular complexity index is 860. The Balaban J connectivity index is 1.64.